The van der Waals surface area contributed by atoms with Crippen molar-refractivity contribution in [2.75, 3.05) is 13.9 Å². The molecule has 1 N–H and O–H groups in total. The zero-order valence-corrected chi connectivity index (χ0v) is 18.6. The minimum Gasteiger partial charge on any atom is -0.493 e. The molecule has 2 aromatic heterocycles. The smallest absolute Gasteiger partial charge is 0.231 e. The van der Waals surface area contributed by atoms with Crippen molar-refractivity contribution < 1.29 is 23.5 Å². The molecule has 0 spiro atoms. The molecule has 7 nitrogen and oxygen atoms in total. The lowest BCUT2D eigenvalue weighted by Gasteiger charge is -2.17. The second-order valence-corrected chi connectivity index (χ2v) is 8.55. The number of nitrogens with one attached hydrogen (secondary N) is 1. The van der Waals surface area contributed by atoms with Gasteiger partial charge in [0.05, 0.1) is 29.1 Å². The van der Waals surface area contributed by atoms with Crippen LogP contribution in [0.15, 0.2) is 60.8 Å². The highest BCUT2D eigenvalue weighted by Gasteiger charge is 2.28. The number of ether oxygens (including phenoxy) is 4. The highest BCUT2D eigenvalue weighted by Crippen LogP contribution is 2.41. The van der Waals surface area contributed by atoms with Gasteiger partial charge in [-0.15, -0.1) is 0 Å². The van der Waals surface area contributed by atoms with Crippen LogP contribution in [0.5, 0.6) is 23.0 Å². The maximum absolute atomic E-state index is 6.31. The Bertz CT molecular complexity index is 1560. The number of aromatic nitrogens is 3. The molecule has 168 valence electrons. The molecule has 34 heavy (non-hydrogen) atoms. The van der Waals surface area contributed by atoms with Gasteiger partial charge in [0.25, 0.3) is 0 Å². The lowest BCUT2D eigenvalue weighted by molar-refractivity contribution is -0.686. The Morgan fingerprint density at radius 1 is 1.06 bits per heavy atom. The minimum atomic E-state index is 0.279. The van der Waals surface area contributed by atoms with Crippen molar-refractivity contribution in [1.29, 1.82) is 0 Å². The molecule has 0 saturated heterocycles. The van der Waals surface area contributed by atoms with Gasteiger partial charge in [0.2, 0.25) is 12.5 Å². The molecule has 2 aliphatic rings. The Hall–Kier alpha value is -4.26. The molecule has 0 aliphatic carbocycles. The predicted octanol–water partition coefficient (Wildman–Crippen LogP) is 4.54. The first-order chi connectivity index (χ1) is 16.8. The molecule has 0 bridgehead atoms. The van der Waals surface area contributed by atoms with Crippen LogP contribution in [-0.2, 0) is 19.6 Å². The first kappa shape index (κ1) is 19.2. The first-order valence-electron chi connectivity index (χ1n) is 11.3. The molecule has 0 radical (unpaired) electrons. The van der Waals surface area contributed by atoms with Gasteiger partial charge in [-0.3, -0.25) is 0 Å². The third-order valence-electron chi connectivity index (χ3n) is 6.59. The Labute approximate surface area is 195 Å². The lowest BCUT2D eigenvalue weighted by Crippen LogP contribution is -2.40. The average Bonchev–Trinajstić information content (AvgIpc) is 3.50. The van der Waals surface area contributed by atoms with Crippen LogP contribution in [0.3, 0.4) is 0 Å². The number of aromatic amines is 1. The molecule has 0 unspecified atom stereocenters. The maximum Gasteiger partial charge on any atom is 0.231 e. The summed E-state index contributed by atoms with van der Waals surface area (Å²) in [6, 6.07) is 18.4. The molecular formula is C27H22N3O4+. The zero-order valence-electron chi connectivity index (χ0n) is 18.6. The highest BCUT2D eigenvalue weighted by molar-refractivity contribution is 5.91. The molecular weight excluding hydrogens is 430 g/mol. The van der Waals surface area contributed by atoms with Crippen molar-refractivity contribution in [3.63, 3.8) is 0 Å². The van der Waals surface area contributed by atoms with Gasteiger partial charge in [0, 0.05) is 12.5 Å². The summed E-state index contributed by atoms with van der Waals surface area (Å²) >= 11 is 0. The lowest BCUT2D eigenvalue weighted by atomic mass is 9.95. The Morgan fingerprint density at radius 3 is 2.82 bits per heavy atom. The van der Waals surface area contributed by atoms with Gasteiger partial charge in [0.1, 0.15) is 12.4 Å². The monoisotopic (exact) mass is 452 g/mol. The third kappa shape index (κ3) is 2.97. The number of para-hydroxylation sites is 2. The van der Waals surface area contributed by atoms with Crippen LogP contribution in [0.25, 0.3) is 33.1 Å². The maximum atomic E-state index is 6.31. The number of methoxy groups -OCH3 is 1. The van der Waals surface area contributed by atoms with Gasteiger partial charge in [-0.2, -0.15) is 4.57 Å². The van der Waals surface area contributed by atoms with Gasteiger partial charge in [-0.25, -0.2) is 4.98 Å². The molecule has 5 aromatic rings. The zero-order chi connectivity index (χ0) is 22.6. The van der Waals surface area contributed by atoms with E-state index < -0.39 is 0 Å². The van der Waals surface area contributed by atoms with Crippen LogP contribution in [0.4, 0.5) is 0 Å². The van der Waals surface area contributed by atoms with E-state index >= 15 is 0 Å². The van der Waals surface area contributed by atoms with Crippen LogP contribution < -0.4 is 23.5 Å². The van der Waals surface area contributed by atoms with E-state index in [4.69, 9.17) is 18.9 Å². The van der Waals surface area contributed by atoms with Crippen molar-refractivity contribution in [3.8, 4) is 34.3 Å². The number of pyridine rings is 1. The summed E-state index contributed by atoms with van der Waals surface area (Å²) < 4.78 is 25.5. The molecule has 7 heteroatoms. The molecule has 0 fully saturated rings. The summed E-state index contributed by atoms with van der Waals surface area (Å²) in [5.41, 5.74) is 5.53. The largest absolute Gasteiger partial charge is 0.493 e. The summed E-state index contributed by atoms with van der Waals surface area (Å²) in [6.07, 6.45) is 3.09. The molecule has 3 aromatic carbocycles. The van der Waals surface area contributed by atoms with E-state index in [1.165, 1.54) is 11.1 Å². The van der Waals surface area contributed by atoms with Crippen LogP contribution in [0.2, 0.25) is 0 Å². The summed E-state index contributed by atoms with van der Waals surface area (Å²) in [5.74, 6) is 3.82. The third-order valence-corrected chi connectivity index (χ3v) is 6.59. The Balaban J connectivity index is 1.30. The summed E-state index contributed by atoms with van der Waals surface area (Å²) in [7, 11) is 1.67. The fraction of sp³-hybridized carbons (Fsp3) is 0.185. The molecule has 0 saturated carbocycles. The fourth-order valence-electron chi connectivity index (χ4n) is 4.92. The number of fused-ring (bicyclic) bond motifs is 6. The second-order valence-electron chi connectivity index (χ2n) is 8.55. The van der Waals surface area contributed by atoms with Crippen LogP contribution in [-0.4, -0.2) is 23.9 Å². The number of hydrogen-bond acceptors (Lipinski definition) is 5. The highest BCUT2D eigenvalue weighted by atomic mass is 16.7. The Morgan fingerprint density at radius 2 is 1.94 bits per heavy atom. The number of hydrogen-bond donors (Lipinski definition) is 1. The van der Waals surface area contributed by atoms with Crippen molar-refractivity contribution >= 4 is 21.8 Å². The molecule has 0 atom stereocenters. The fourth-order valence-corrected chi connectivity index (χ4v) is 4.92. The van der Waals surface area contributed by atoms with E-state index in [1.807, 2.05) is 30.3 Å². The minimum absolute atomic E-state index is 0.279. The van der Waals surface area contributed by atoms with Crippen molar-refractivity contribution in [1.82, 2.24) is 9.97 Å². The van der Waals surface area contributed by atoms with Gasteiger partial charge >= 0.3 is 0 Å². The average molecular weight is 452 g/mol. The first-order valence-corrected chi connectivity index (χ1v) is 11.3. The SMILES string of the molecule is COc1ccc2cc3[n+](cc2c1OCc1nc2ccccc2[nH]1)CCc1cc2c(cc1-3)OCO2. The number of aryl methyl sites for hydroxylation is 2. The number of H-pyrrole nitrogens is 1. The molecule has 4 heterocycles. The number of benzene rings is 3. The Kier molecular flexibility index (Phi) is 4.17. The normalized spacial score (nSPS) is 13.7. The quantitative estimate of drug-likeness (QED) is 0.406. The standard InChI is InChI=1S/C27H22N3O4/c1-31-23-7-6-16-10-22-18-12-25-24(33-15-34-25)11-17(18)8-9-30(22)13-19(16)27(23)32-14-26-28-20-4-2-3-5-21(20)29-26/h2-7,10-13H,8-9,14-15H2,1H3,(H,28,29)/q+1. The molecule has 2 aliphatic heterocycles. The number of nitrogens with zero attached hydrogens (tertiary/aromatic N) is 2. The van der Waals surface area contributed by atoms with Crippen molar-refractivity contribution in [2.45, 2.75) is 19.6 Å². The molecule has 7 rings (SSSR count). The summed E-state index contributed by atoms with van der Waals surface area (Å²) in [6.45, 7) is 1.47. The van der Waals surface area contributed by atoms with Crippen LogP contribution in [0, 0.1) is 0 Å². The van der Waals surface area contributed by atoms with E-state index in [0.29, 0.717) is 18.1 Å². The second kappa shape index (κ2) is 7.38. The van der Waals surface area contributed by atoms with E-state index in [-0.39, 0.29) is 6.79 Å². The summed E-state index contributed by atoms with van der Waals surface area (Å²) in [4.78, 5) is 7.97. The molecule has 0 amide bonds. The van der Waals surface area contributed by atoms with E-state index in [0.717, 1.165) is 57.8 Å². The topological polar surface area (TPSA) is 69.5 Å². The number of imidazole rings is 1. The van der Waals surface area contributed by atoms with Crippen molar-refractivity contribution in [3.05, 3.63) is 72.2 Å². The van der Waals surface area contributed by atoms with Gasteiger partial charge < -0.3 is 23.9 Å². The number of rotatable bonds is 4. The van der Waals surface area contributed by atoms with E-state index in [2.05, 4.69) is 45.0 Å². The van der Waals surface area contributed by atoms with Crippen molar-refractivity contribution in [2.24, 2.45) is 0 Å². The van der Waals surface area contributed by atoms with Gasteiger partial charge in [-0.1, -0.05) is 12.1 Å². The van der Waals surface area contributed by atoms with Gasteiger partial charge in [-0.05, 0) is 47.3 Å². The van der Waals surface area contributed by atoms with Crippen LogP contribution in [0.1, 0.15) is 11.4 Å². The van der Waals surface area contributed by atoms with E-state index in [1.54, 1.807) is 7.11 Å². The van der Waals surface area contributed by atoms with E-state index in [9.17, 15) is 0 Å². The van der Waals surface area contributed by atoms with Crippen LogP contribution >= 0.6 is 0 Å². The summed E-state index contributed by atoms with van der Waals surface area (Å²) in [5, 5.41) is 2.08. The van der Waals surface area contributed by atoms with Gasteiger partial charge in [0.15, 0.2) is 35.7 Å². The predicted molar refractivity (Wildman–Crippen MR) is 126 cm³/mol.